The summed E-state index contributed by atoms with van der Waals surface area (Å²) < 4.78 is 12.1. The van der Waals surface area contributed by atoms with Crippen LogP contribution in [0.15, 0.2) is 24.3 Å². The second-order valence-corrected chi connectivity index (χ2v) is 2.72. The Kier molecular flexibility index (Phi) is 5.53. The summed E-state index contributed by atoms with van der Waals surface area (Å²) in [6.07, 6.45) is 0. The number of carbonyl (C=O) groups excluding carboxylic acids is 1. The molecule has 0 heterocycles. The van der Waals surface area contributed by atoms with E-state index in [4.69, 9.17) is 0 Å². The largest absolute Gasteiger partial charge is 0.378 e. The van der Waals surface area contributed by atoms with Crippen LogP contribution in [-0.2, 0) is 0 Å². The molecule has 0 bridgehead atoms. The molecule has 3 heteroatoms. The van der Waals surface area contributed by atoms with Crippen LogP contribution in [0.5, 0.6) is 0 Å². The monoisotopic (exact) mass is 197 g/mol. The number of hydrogen-bond acceptors (Lipinski definition) is 2. The van der Waals surface area contributed by atoms with Gasteiger partial charge in [-0.2, -0.15) is 4.39 Å². The predicted octanol–water partition coefficient (Wildman–Crippen LogP) is 2.89. The van der Waals surface area contributed by atoms with E-state index in [1.165, 1.54) is 12.1 Å². The molecular weight excluding hydrogens is 181 g/mol. The van der Waals surface area contributed by atoms with E-state index >= 15 is 0 Å². The molecule has 0 saturated carbocycles. The van der Waals surface area contributed by atoms with Crippen molar-refractivity contribution < 1.29 is 9.18 Å². The van der Waals surface area contributed by atoms with E-state index in [0.29, 0.717) is 0 Å². The fraction of sp³-hybridized carbons (Fsp3) is 0.364. The Morgan fingerprint density at radius 1 is 1.14 bits per heavy atom. The lowest BCUT2D eigenvalue weighted by Gasteiger charge is -2.11. The number of halogens is 1. The molecule has 0 unspecified atom stereocenters. The topological polar surface area (TPSA) is 20.3 Å². The van der Waals surface area contributed by atoms with Gasteiger partial charge in [0.1, 0.15) is 0 Å². The minimum atomic E-state index is -1.39. The fourth-order valence-corrected chi connectivity index (χ4v) is 0.891. The molecule has 0 aliphatic rings. The Bertz CT molecular complexity index is 280. The highest BCUT2D eigenvalue weighted by Crippen LogP contribution is 2.12. The molecule has 0 spiro atoms. The molecule has 0 aromatic heterocycles. The lowest BCUT2D eigenvalue weighted by Crippen LogP contribution is -2.08. The van der Waals surface area contributed by atoms with Crippen LogP contribution >= 0.6 is 0 Å². The summed E-state index contributed by atoms with van der Waals surface area (Å²) in [5.41, 5.74) is 1.04. The van der Waals surface area contributed by atoms with Crippen molar-refractivity contribution >= 4 is 11.7 Å². The Hall–Kier alpha value is -1.38. The molecule has 1 aromatic rings. The van der Waals surface area contributed by atoms with Gasteiger partial charge in [-0.1, -0.05) is 13.8 Å². The minimum absolute atomic E-state index is 0.0978. The van der Waals surface area contributed by atoms with Crippen LogP contribution in [0.2, 0.25) is 0 Å². The summed E-state index contributed by atoms with van der Waals surface area (Å²) in [6.45, 7) is 4.00. The molecule has 14 heavy (non-hydrogen) atoms. The summed E-state index contributed by atoms with van der Waals surface area (Å²) in [5, 5.41) is 0. The molecule has 0 fully saturated rings. The van der Waals surface area contributed by atoms with Gasteiger partial charge in [-0.3, -0.25) is 4.79 Å². The number of benzene rings is 1. The van der Waals surface area contributed by atoms with Gasteiger partial charge in [-0.25, -0.2) is 0 Å². The van der Waals surface area contributed by atoms with Crippen molar-refractivity contribution in [3.63, 3.8) is 0 Å². The third-order valence-electron chi connectivity index (χ3n) is 1.61. The molecule has 1 aromatic carbocycles. The summed E-state index contributed by atoms with van der Waals surface area (Å²) in [6, 6.07) is 4.95. The second kappa shape index (κ2) is 6.13. The zero-order valence-electron chi connectivity index (χ0n) is 9.04. The third-order valence-corrected chi connectivity index (χ3v) is 1.61. The maximum absolute atomic E-state index is 12.1. The predicted molar refractivity (Wildman–Crippen MR) is 57.6 cm³/mol. The van der Waals surface area contributed by atoms with E-state index in [2.05, 4.69) is 0 Å². The van der Waals surface area contributed by atoms with Gasteiger partial charge in [0.25, 0.3) is 0 Å². The maximum Gasteiger partial charge on any atom is 0.332 e. The van der Waals surface area contributed by atoms with Gasteiger partial charge in [0, 0.05) is 19.8 Å². The van der Waals surface area contributed by atoms with Crippen molar-refractivity contribution in [3.05, 3.63) is 29.8 Å². The SMILES string of the molecule is CC.CN(C)c1ccc(C(=O)F)cc1. The Morgan fingerprint density at radius 2 is 1.57 bits per heavy atom. The highest BCUT2D eigenvalue weighted by molar-refractivity contribution is 5.88. The van der Waals surface area contributed by atoms with Crippen LogP contribution in [0.1, 0.15) is 24.2 Å². The fourth-order valence-electron chi connectivity index (χ4n) is 0.891. The molecule has 0 aliphatic carbocycles. The first kappa shape index (κ1) is 12.6. The van der Waals surface area contributed by atoms with Gasteiger partial charge in [0.15, 0.2) is 0 Å². The van der Waals surface area contributed by atoms with Crippen LogP contribution in [-0.4, -0.2) is 20.1 Å². The number of nitrogens with zero attached hydrogens (tertiary/aromatic N) is 1. The second-order valence-electron chi connectivity index (χ2n) is 2.72. The van der Waals surface area contributed by atoms with Crippen molar-refractivity contribution in [1.82, 2.24) is 0 Å². The normalized spacial score (nSPS) is 8.64. The summed E-state index contributed by atoms with van der Waals surface area (Å²) in [4.78, 5) is 12.1. The van der Waals surface area contributed by atoms with E-state index in [-0.39, 0.29) is 5.56 Å². The van der Waals surface area contributed by atoms with Crippen molar-refractivity contribution in [2.45, 2.75) is 13.8 Å². The lowest BCUT2D eigenvalue weighted by molar-refractivity contribution is 0.0836. The first-order valence-electron chi connectivity index (χ1n) is 4.58. The number of carbonyl (C=O) groups is 1. The third kappa shape index (κ3) is 3.56. The molecule has 0 saturated heterocycles. The van der Waals surface area contributed by atoms with E-state index in [9.17, 15) is 9.18 Å². The van der Waals surface area contributed by atoms with E-state index < -0.39 is 6.04 Å². The van der Waals surface area contributed by atoms with Gasteiger partial charge in [-0.15, -0.1) is 0 Å². The zero-order valence-corrected chi connectivity index (χ0v) is 9.04. The Balaban J connectivity index is 0.000000791. The summed E-state index contributed by atoms with van der Waals surface area (Å²) >= 11 is 0. The van der Waals surface area contributed by atoms with Crippen molar-refractivity contribution in [1.29, 1.82) is 0 Å². The summed E-state index contributed by atoms with van der Waals surface area (Å²) in [5.74, 6) is 0. The smallest absolute Gasteiger partial charge is 0.332 e. The maximum atomic E-state index is 12.1. The highest BCUT2D eigenvalue weighted by atomic mass is 19.1. The molecule has 0 N–H and O–H groups in total. The van der Waals surface area contributed by atoms with E-state index in [1.54, 1.807) is 12.1 Å². The Labute approximate surface area is 84.3 Å². The van der Waals surface area contributed by atoms with Crippen LogP contribution in [0.25, 0.3) is 0 Å². The van der Waals surface area contributed by atoms with Crippen LogP contribution in [0.3, 0.4) is 0 Å². The highest BCUT2D eigenvalue weighted by Gasteiger charge is 2.02. The van der Waals surface area contributed by atoms with Crippen molar-refractivity contribution in [2.75, 3.05) is 19.0 Å². The molecular formula is C11H16FNO. The van der Waals surface area contributed by atoms with Crippen molar-refractivity contribution in [2.24, 2.45) is 0 Å². The summed E-state index contributed by atoms with van der Waals surface area (Å²) in [7, 11) is 3.76. The molecule has 0 aliphatic heterocycles. The standard InChI is InChI=1S/C9H10FNO.C2H6/c1-11(2)8-5-3-7(4-6-8)9(10)12;1-2/h3-6H,1-2H3;1-2H3. The number of rotatable bonds is 2. The molecule has 0 radical (unpaired) electrons. The van der Waals surface area contributed by atoms with E-state index in [0.717, 1.165) is 5.69 Å². The van der Waals surface area contributed by atoms with E-state index in [1.807, 2.05) is 32.8 Å². The number of hydrogen-bond donors (Lipinski definition) is 0. The molecule has 0 atom stereocenters. The van der Waals surface area contributed by atoms with Gasteiger partial charge in [-0.05, 0) is 24.3 Å². The van der Waals surface area contributed by atoms with Gasteiger partial charge in [0.2, 0.25) is 0 Å². The molecule has 78 valence electrons. The Morgan fingerprint density at radius 3 is 1.86 bits per heavy atom. The average molecular weight is 197 g/mol. The minimum Gasteiger partial charge on any atom is -0.378 e. The molecule has 1 rings (SSSR count). The lowest BCUT2D eigenvalue weighted by atomic mass is 10.2. The van der Waals surface area contributed by atoms with Crippen molar-refractivity contribution in [3.8, 4) is 0 Å². The zero-order chi connectivity index (χ0) is 11.1. The van der Waals surface area contributed by atoms with Crippen LogP contribution in [0.4, 0.5) is 10.1 Å². The number of anilines is 1. The quantitative estimate of drug-likeness (QED) is 0.679. The molecule has 2 nitrogen and oxygen atoms in total. The van der Waals surface area contributed by atoms with Gasteiger partial charge >= 0.3 is 6.04 Å². The first-order valence-corrected chi connectivity index (χ1v) is 4.58. The van der Waals surface area contributed by atoms with Crippen LogP contribution in [0, 0.1) is 0 Å². The first-order chi connectivity index (χ1) is 6.61. The van der Waals surface area contributed by atoms with Gasteiger partial charge in [0.05, 0.1) is 5.56 Å². The van der Waals surface area contributed by atoms with Gasteiger partial charge < -0.3 is 4.90 Å². The molecule has 0 amide bonds. The van der Waals surface area contributed by atoms with Crippen LogP contribution < -0.4 is 4.90 Å². The average Bonchev–Trinajstić information content (AvgIpc) is 2.21.